The molecule has 1 unspecified atom stereocenters. The molecular weight excluding hydrogens is 386 g/mol. The van der Waals surface area contributed by atoms with E-state index in [2.05, 4.69) is 31.0 Å². The molecule has 3 rings (SSSR count). The van der Waals surface area contributed by atoms with Crippen molar-refractivity contribution < 1.29 is 9.21 Å². The second-order valence-electron chi connectivity index (χ2n) is 5.56. The van der Waals surface area contributed by atoms with Gasteiger partial charge >= 0.3 is 0 Å². The zero-order valence-corrected chi connectivity index (χ0v) is 15.2. The van der Waals surface area contributed by atoms with Crippen LogP contribution in [0, 0.1) is 25.2 Å². The van der Waals surface area contributed by atoms with Crippen molar-refractivity contribution in [3.8, 4) is 6.07 Å². The summed E-state index contributed by atoms with van der Waals surface area (Å²) >= 11 is 3.32. The quantitative estimate of drug-likeness (QED) is 0.611. The van der Waals surface area contributed by atoms with Gasteiger partial charge in [-0.1, -0.05) is 0 Å². The second-order valence-corrected chi connectivity index (χ2v) is 6.47. The molecule has 0 bridgehead atoms. The van der Waals surface area contributed by atoms with Gasteiger partial charge < -0.3 is 4.42 Å². The van der Waals surface area contributed by atoms with E-state index < -0.39 is 11.7 Å². The lowest BCUT2D eigenvalue weighted by atomic mass is 10.0. The van der Waals surface area contributed by atoms with Crippen molar-refractivity contribution in [2.24, 2.45) is 0 Å². The van der Waals surface area contributed by atoms with E-state index in [0.717, 1.165) is 4.47 Å². The summed E-state index contributed by atoms with van der Waals surface area (Å²) in [5.41, 5.74) is 1.42. The van der Waals surface area contributed by atoms with Crippen LogP contribution in [0.5, 0.6) is 0 Å². The van der Waals surface area contributed by atoms with E-state index in [0.29, 0.717) is 23.7 Å². The molecule has 3 aromatic rings. The number of halogens is 1. The summed E-state index contributed by atoms with van der Waals surface area (Å²) in [4.78, 5) is 21.1. The number of carbonyl (C=O) groups is 1. The predicted molar refractivity (Wildman–Crippen MR) is 91.9 cm³/mol. The normalized spacial score (nSPS) is 11.9. The maximum absolute atomic E-state index is 12.6. The topological polar surface area (TPSA) is 97.6 Å². The van der Waals surface area contributed by atoms with Crippen LogP contribution in [0.1, 0.15) is 39.4 Å². The molecule has 0 aliphatic rings. The van der Waals surface area contributed by atoms with Crippen LogP contribution in [-0.2, 0) is 6.54 Å². The molecule has 0 aliphatic carbocycles. The Hall–Kier alpha value is -2.79. The van der Waals surface area contributed by atoms with E-state index >= 15 is 0 Å². The minimum absolute atomic E-state index is 0.107. The Kier molecular flexibility index (Phi) is 4.76. The van der Waals surface area contributed by atoms with Crippen molar-refractivity contribution in [1.29, 1.82) is 5.26 Å². The molecule has 1 atom stereocenters. The summed E-state index contributed by atoms with van der Waals surface area (Å²) in [6.07, 6.45) is 3.46. The molecular formula is C17H14BrN5O2. The van der Waals surface area contributed by atoms with Crippen LogP contribution in [0.15, 0.2) is 39.5 Å². The van der Waals surface area contributed by atoms with Gasteiger partial charge in [0.15, 0.2) is 17.5 Å². The van der Waals surface area contributed by atoms with E-state index in [1.807, 2.05) is 6.07 Å². The third kappa shape index (κ3) is 3.83. The van der Waals surface area contributed by atoms with Crippen LogP contribution >= 0.6 is 15.9 Å². The first kappa shape index (κ1) is 17.0. The molecule has 0 radical (unpaired) electrons. The van der Waals surface area contributed by atoms with Gasteiger partial charge in [-0.3, -0.25) is 9.48 Å². The van der Waals surface area contributed by atoms with Crippen LogP contribution in [-0.4, -0.2) is 25.5 Å². The highest BCUT2D eigenvalue weighted by molar-refractivity contribution is 9.10. The average molecular weight is 400 g/mol. The molecule has 0 aromatic carbocycles. The number of hydrogen-bond acceptors (Lipinski definition) is 6. The Morgan fingerprint density at radius 2 is 2.08 bits per heavy atom. The Labute approximate surface area is 152 Å². The summed E-state index contributed by atoms with van der Waals surface area (Å²) in [6.45, 7) is 3.98. The van der Waals surface area contributed by atoms with Crippen LogP contribution in [0.3, 0.4) is 0 Å². The average Bonchev–Trinajstić information content (AvgIpc) is 3.16. The molecule has 126 valence electrons. The first-order valence-electron chi connectivity index (χ1n) is 7.49. The van der Waals surface area contributed by atoms with E-state index in [9.17, 15) is 10.1 Å². The highest BCUT2D eigenvalue weighted by Gasteiger charge is 2.27. The van der Waals surface area contributed by atoms with Gasteiger partial charge in [0.2, 0.25) is 5.78 Å². The largest absolute Gasteiger partial charge is 0.456 e. The van der Waals surface area contributed by atoms with E-state index in [-0.39, 0.29) is 11.6 Å². The molecule has 25 heavy (non-hydrogen) atoms. The summed E-state index contributed by atoms with van der Waals surface area (Å²) in [6, 6.07) is 7.02. The summed E-state index contributed by atoms with van der Waals surface area (Å²) in [7, 11) is 0. The molecule has 0 spiro atoms. The van der Waals surface area contributed by atoms with E-state index in [4.69, 9.17) is 4.42 Å². The van der Waals surface area contributed by atoms with Crippen LogP contribution < -0.4 is 0 Å². The van der Waals surface area contributed by atoms with Crippen molar-refractivity contribution in [3.63, 3.8) is 0 Å². The van der Waals surface area contributed by atoms with Crippen molar-refractivity contribution in [2.45, 2.75) is 26.3 Å². The fraction of sp³-hybridized carbons (Fsp3) is 0.235. The minimum atomic E-state index is -1.10. The maximum Gasteiger partial charge on any atom is 0.222 e. The maximum atomic E-state index is 12.6. The standard InChI is InChI=1S/C17H14BrN5O2/c1-10-5-11(2)22-17(21-10)14(6-19)16(24)15-4-3-13(25-15)9-23-8-12(18)7-20-23/h3-5,7-8,14H,9H2,1-2H3. The van der Waals surface area contributed by atoms with Gasteiger partial charge in [0, 0.05) is 17.6 Å². The van der Waals surface area contributed by atoms with Crippen molar-refractivity contribution in [3.05, 3.63) is 63.8 Å². The van der Waals surface area contributed by atoms with Gasteiger partial charge in [0.25, 0.3) is 0 Å². The molecule has 0 aliphatic heterocycles. The second kappa shape index (κ2) is 6.99. The zero-order valence-electron chi connectivity index (χ0n) is 13.6. The number of nitrogens with zero attached hydrogens (tertiary/aromatic N) is 5. The van der Waals surface area contributed by atoms with E-state index in [1.165, 1.54) is 0 Å². The third-order valence-corrected chi connectivity index (χ3v) is 3.88. The Balaban J connectivity index is 1.83. The summed E-state index contributed by atoms with van der Waals surface area (Å²) in [5, 5.41) is 13.6. The molecule has 3 heterocycles. The summed E-state index contributed by atoms with van der Waals surface area (Å²) < 4.78 is 8.12. The number of carbonyl (C=O) groups excluding carboxylic acids is 1. The zero-order chi connectivity index (χ0) is 18.0. The number of aryl methyl sites for hydroxylation is 2. The van der Waals surface area contributed by atoms with Crippen molar-refractivity contribution >= 4 is 21.7 Å². The van der Waals surface area contributed by atoms with Gasteiger partial charge in [0.05, 0.1) is 23.3 Å². The number of rotatable bonds is 5. The molecule has 0 saturated carbocycles. The number of furan rings is 1. The number of hydrogen-bond donors (Lipinski definition) is 0. The highest BCUT2D eigenvalue weighted by Crippen LogP contribution is 2.20. The van der Waals surface area contributed by atoms with Crippen LogP contribution in [0.2, 0.25) is 0 Å². The third-order valence-electron chi connectivity index (χ3n) is 3.47. The van der Waals surface area contributed by atoms with Crippen LogP contribution in [0.4, 0.5) is 0 Å². The Morgan fingerprint density at radius 3 is 2.68 bits per heavy atom. The Morgan fingerprint density at radius 1 is 1.36 bits per heavy atom. The predicted octanol–water partition coefficient (Wildman–Crippen LogP) is 3.18. The van der Waals surface area contributed by atoms with Crippen molar-refractivity contribution in [1.82, 2.24) is 19.7 Å². The number of aromatic nitrogens is 4. The van der Waals surface area contributed by atoms with E-state index in [1.54, 1.807) is 49.1 Å². The molecule has 0 N–H and O–H groups in total. The smallest absolute Gasteiger partial charge is 0.222 e. The van der Waals surface area contributed by atoms with Gasteiger partial charge in [0.1, 0.15) is 5.76 Å². The molecule has 0 fully saturated rings. The highest BCUT2D eigenvalue weighted by atomic mass is 79.9. The molecule has 7 nitrogen and oxygen atoms in total. The van der Waals surface area contributed by atoms with Gasteiger partial charge in [-0.25, -0.2) is 9.97 Å². The molecule has 0 saturated heterocycles. The lowest BCUT2D eigenvalue weighted by molar-refractivity contribution is 0.0947. The number of nitriles is 1. The van der Waals surface area contributed by atoms with Gasteiger partial charge in [-0.05, 0) is 48.0 Å². The number of Topliss-reactive ketones (excluding diaryl/α,β-unsaturated/α-hetero) is 1. The first-order chi connectivity index (χ1) is 12.0. The monoisotopic (exact) mass is 399 g/mol. The molecule has 3 aromatic heterocycles. The lowest BCUT2D eigenvalue weighted by Gasteiger charge is -2.07. The molecule has 0 amide bonds. The SMILES string of the molecule is Cc1cc(C)nc(C(C#N)C(=O)c2ccc(Cn3cc(Br)cn3)o2)n1. The minimum Gasteiger partial charge on any atom is -0.456 e. The molecule has 8 heteroatoms. The first-order valence-corrected chi connectivity index (χ1v) is 8.28. The summed E-state index contributed by atoms with van der Waals surface area (Å²) in [5.74, 6) is -0.691. The Bertz CT molecular complexity index is 949. The fourth-order valence-corrected chi connectivity index (χ4v) is 2.77. The fourth-order valence-electron chi connectivity index (χ4n) is 2.44. The van der Waals surface area contributed by atoms with Crippen LogP contribution in [0.25, 0.3) is 0 Å². The number of ketones is 1. The lowest BCUT2D eigenvalue weighted by Crippen LogP contribution is -2.15. The van der Waals surface area contributed by atoms with Gasteiger partial charge in [-0.2, -0.15) is 10.4 Å². The van der Waals surface area contributed by atoms with Gasteiger partial charge in [-0.15, -0.1) is 0 Å². The van der Waals surface area contributed by atoms with Crippen molar-refractivity contribution in [2.75, 3.05) is 0 Å².